The van der Waals surface area contributed by atoms with Gasteiger partial charge in [0.05, 0.1) is 4.90 Å². The van der Waals surface area contributed by atoms with Crippen LogP contribution in [0.2, 0.25) is 0 Å². The van der Waals surface area contributed by atoms with E-state index in [-0.39, 0.29) is 0 Å². The van der Waals surface area contributed by atoms with Crippen molar-refractivity contribution >= 4 is 16.0 Å². The molecule has 0 aliphatic carbocycles. The van der Waals surface area contributed by atoms with Gasteiger partial charge in [-0.05, 0) is 25.1 Å². The van der Waals surface area contributed by atoms with E-state index < -0.39 is 10.0 Å². The van der Waals surface area contributed by atoms with Crippen LogP contribution in [0.4, 0.5) is 0 Å². The van der Waals surface area contributed by atoms with Crippen molar-refractivity contribution in [3.63, 3.8) is 0 Å². The number of aliphatic imine (C=N–C) groups is 1. The molecular formula is C16H25N5O2S. The van der Waals surface area contributed by atoms with Crippen LogP contribution in [0.1, 0.15) is 12.0 Å². The molecule has 1 aromatic carbocycles. The third kappa shape index (κ3) is 3.88. The zero-order valence-electron chi connectivity index (χ0n) is 14.0. The lowest BCUT2D eigenvalue weighted by atomic mass is 10.2. The molecule has 1 aromatic rings. The summed E-state index contributed by atoms with van der Waals surface area (Å²) in [5.74, 6) is 0.744. The molecule has 7 nitrogen and oxygen atoms in total. The molecule has 2 heterocycles. The summed E-state index contributed by atoms with van der Waals surface area (Å²) in [6.07, 6.45) is 1.03. The van der Waals surface area contributed by atoms with E-state index in [1.165, 1.54) is 0 Å². The number of nitrogens with zero attached hydrogens (tertiary/aromatic N) is 3. The topological polar surface area (TPSA) is 77.0 Å². The van der Waals surface area contributed by atoms with Crippen molar-refractivity contribution in [1.29, 1.82) is 0 Å². The maximum absolute atomic E-state index is 13.0. The minimum Gasteiger partial charge on any atom is -0.356 e. The summed E-state index contributed by atoms with van der Waals surface area (Å²) in [7, 11) is -1.45. The van der Waals surface area contributed by atoms with Crippen LogP contribution in [0.3, 0.4) is 0 Å². The molecule has 8 heteroatoms. The smallest absolute Gasteiger partial charge is 0.243 e. The van der Waals surface area contributed by atoms with Crippen LogP contribution < -0.4 is 10.6 Å². The highest BCUT2D eigenvalue weighted by molar-refractivity contribution is 7.89. The van der Waals surface area contributed by atoms with Crippen molar-refractivity contribution in [3.05, 3.63) is 29.8 Å². The van der Waals surface area contributed by atoms with Crippen LogP contribution in [-0.2, 0) is 16.6 Å². The van der Waals surface area contributed by atoms with Gasteiger partial charge in [-0.2, -0.15) is 4.31 Å². The molecule has 2 N–H and O–H groups in total. The Hall–Kier alpha value is -1.64. The summed E-state index contributed by atoms with van der Waals surface area (Å²) in [4.78, 5) is 6.90. The molecule has 0 amide bonds. The molecule has 3 rings (SSSR count). The van der Waals surface area contributed by atoms with E-state index in [0.29, 0.717) is 24.5 Å². The quantitative estimate of drug-likeness (QED) is 0.802. The van der Waals surface area contributed by atoms with Gasteiger partial charge in [-0.1, -0.05) is 18.2 Å². The number of guanidine groups is 1. The molecule has 0 aromatic heterocycles. The highest BCUT2D eigenvalue weighted by atomic mass is 32.2. The molecule has 1 saturated heterocycles. The minimum atomic E-state index is -3.46. The van der Waals surface area contributed by atoms with Crippen LogP contribution in [0.15, 0.2) is 34.2 Å². The van der Waals surface area contributed by atoms with Crippen molar-refractivity contribution in [3.8, 4) is 0 Å². The van der Waals surface area contributed by atoms with Gasteiger partial charge in [0.1, 0.15) is 0 Å². The summed E-state index contributed by atoms with van der Waals surface area (Å²) in [5.41, 5.74) is 0.770. The van der Waals surface area contributed by atoms with Crippen molar-refractivity contribution < 1.29 is 8.42 Å². The summed E-state index contributed by atoms with van der Waals surface area (Å²) in [5, 5.41) is 6.40. The van der Waals surface area contributed by atoms with E-state index in [0.717, 1.165) is 44.1 Å². The van der Waals surface area contributed by atoms with Gasteiger partial charge in [-0.15, -0.1) is 0 Å². The molecule has 0 saturated carbocycles. The first-order chi connectivity index (χ1) is 11.6. The number of nitrogens with one attached hydrogen (secondary N) is 2. The van der Waals surface area contributed by atoms with Gasteiger partial charge in [0.15, 0.2) is 5.96 Å². The molecule has 24 heavy (non-hydrogen) atoms. The van der Waals surface area contributed by atoms with Gasteiger partial charge < -0.3 is 15.5 Å². The van der Waals surface area contributed by atoms with Crippen molar-refractivity contribution in [2.45, 2.75) is 17.9 Å². The molecule has 0 bridgehead atoms. The van der Waals surface area contributed by atoms with Crippen molar-refractivity contribution in [2.75, 3.05) is 46.3 Å². The Labute approximate surface area is 143 Å². The summed E-state index contributed by atoms with van der Waals surface area (Å²) >= 11 is 0. The number of hydrogen-bond donors (Lipinski definition) is 2. The average Bonchev–Trinajstić information content (AvgIpc) is 2.61. The van der Waals surface area contributed by atoms with Crippen molar-refractivity contribution in [1.82, 2.24) is 19.8 Å². The highest BCUT2D eigenvalue weighted by Crippen LogP contribution is 2.21. The maximum atomic E-state index is 13.0. The molecule has 1 fully saturated rings. The molecular weight excluding hydrogens is 326 g/mol. The Balaban J connectivity index is 1.76. The largest absolute Gasteiger partial charge is 0.356 e. The molecule has 0 unspecified atom stereocenters. The molecule has 2 aliphatic rings. The second kappa shape index (κ2) is 7.50. The Bertz CT molecular complexity index is 696. The van der Waals surface area contributed by atoms with Crippen LogP contribution in [0, 0.1) is 0 Å². The first kappa shape index (κ1) is 17.2. The Morgan fingerprint density at radius 2 is 1.96 bits per heavy atom. The fourth-order valence-electron chi connectivity index (χ4n) is 2.90. The van der Waals surface area contributed by atoms with Crippen LogP contribution >= 0.6 is 0 Å². The van der Waals surface area contributed by atoms with Gasteiger partial charge >= 0.3 is 0 Å². The number of piperazine rings is 1. The lowest BCUT2D eigenvalue weighted by Crippen LogP contribution is -2.47. The van der Waals surface area contributed by atoms with Crippen LogP contribution in [0.5, 0.6) is 0 Å². The van der Waals surface area contributed by atoms with E-state index in [1.807, 2.05) is 19.2 Å². The first-order valence-corrected chi connectivity index (χ1v) is 9.80. The Morgan fingerprint density at radius 3 is 2.67 bits per heavy atom. The predicted octanol–water partition coefficient (Wildman–Crippen LogP) is 0.0616. The summed E-state index contributed by atoms with van der Waals surface area (Å²) in [6.45, 7) is 4.74. The second-order valence-electron chi connectivity index (χ2n) is 6.18. The fraction of sp³-hybridized carbons (Fsp3) is 0.562. The van der Waals surface area contributed by atoms with E-state index in [4.69, 9.17) is 0 Å². The average molecular weight is 351 g/mol. The Kier molecular flexibility index (Phi) is 5.37. The van der Waals surface area contributed by atoms with E-state index >= 15 is 0 Å². The number of benzene rings is 1. The zero-order valence-corrected chi connectivity index (χ0v) is 14.8. The fourth-order valence-corrected chi connectivity index (χ4v) is 4.54. The summed E-state index contributed by atoms with van der Waals surface area (Å²) in [6, 6.07) is 7.21. The predicted molar refractivity (Wildman–Crippen MR) is 94.5 cm³/mol. The third-order valence-electron chi connectivity index (χ3n) is 4.40. The third-order valence-corrected chi connectivity index (χ3v) is 6.40. The van der Waals surface area contributed by atoms with E-state index in [2.05, 4.69) is 20.5 Å². The van der Waals surface area contributed by atoms with Gasteiger partial charge in [-0.3, -0.25) is 4.99 Å². The minimum absolute atomic E-state index is 0.387. The number of sulfonamides is 1. The van der Waals surface area contributed by atoms with Gasteiger partial charge in [0, 0.05) is 45.8 Å². The van der Waals surface area contributed by atoms with Gasteiger partial charge in [0.2, 0.25) is 10.0 Å². The number of likely N-dealkylation sites (N-methyl/N-ethyl adjacent to an activating group) is 1. The summed E-state index contributed by atoms with van der Waals surface area (Å²) < 4.78 is 27.6. The molecule has 2 aliphatic heterocycles. The first-order valence-electron chi connectivity index (χ1n) is 8.36. The van der Waals surface area contributed by atoms with Crippen molar-refractivity contribution in [2.24, 2.45) is 4.99 Å². The lowest BCUT2D eigenvalue weighted by Gasteiger charge is -2.32. The van der Waals surface area contributed by atoms with Crippen LogP contribution in [0.25, 0.3) is 0 Å². The second-order valence-corrected chi connectivity index (χ2v) is 8.09. The monoisotopic (exact) mass is 351 g/mol. The lowest BCUT2D eigenvalue weighted by molar-refractivity contribution is 0.222. The highest BCUT2D eigenvalue weighted by Gasteiger charge is 2.29. The zero-order chi connectivity index (χ0) is 17.0. The normalized spacial score (nSPS) is 20.3. The molecule has 132 valence electrons. The molecule has 0 atom stereocenters. The van der Waals surface area contributed by atoms with E-state index in [1.54, 1.807) is 16.4 Å². The standard InChI is InChI=1S/C16H25N5O2S/c1-20-9-11-21(12-10-20)24(22,23)15-6-3-2-5-14(15)13-19-16-17-7-4-8-18-16/h2-3,5-6H,4,7-13H2,1H3,(H2,17,18,19). The number of hydrogen-bond acceptors (Lipinski definition) is 6. The van der Waals surface area contributed by atoms with Crippen LogP contribution in [-0.4, -0.2) is 69.9 Å². The van der Waals surface area contributed by atoms with Gasteiger partial charge in [0.25, 0.3) is 0 Å². The molecule has 0 spiro atoms. The Morgan fingerprint density at radius 1 is 1.21 bits per heavy atom. The van der Waals surface area contributed by atoms with E-state index in [9.17, 15) is 8.42 Å². The number of rotatable bonds is 4. The SMILES string of the molecule is CN1CCN(S(=O)(=O)c2ccccc2CNC2=NCCCN2)CC1. The molecule has 0 radical (unpaired) electrons. The van der Waals surface area contributed by atoms with Gasteiger partial charge in [-0.25, -0.2) is 8.42 Å². The maximum Gasteiger partial charge on any atom is 0.243 e.